The first-order chi connectivity index (χ1) is 15.5. The smallest absolute Gasteiger partial charge is 0.153 e. The van der Waals surface area contributed by atoms with E-state index in [1.165, 1.54) is 5.69 Å². The first-order valence-corrected chi connectivity index (χ1v) is 11.6. The summed E-state index contributed by atoms with van der Waals surface area (Å²) in [6, 6.07) is 16.5. The van der Waals surface area contributed by atoms with Crippen molar-refractivity contribution < 1.29 is 4.79 Å². The third-order valence-electron chi connectivity index (χ3n) is 7.16. The van der Waals surface area contributed by atoms with Crippen molar-refractivity contribution in [3.05, 3.63) is 66.2 Å². The molecule has 3 aromatic rings. The van der Waals surface area contributed by atoms with E-state index < -0.39 is 5.92 Å². The minimum absolute atomic E-state index is 0.0975. The normalized spacial score (nSPS) is 26.2. The van der Waals surface area contributed by atoms with Gasteiger partial charge in [0.25, 0.3) is 0 Å². The van der Waals surface area contributed by atoms with Crippen molar-refractivity contribution in [2.45, 2.75) is 52.4 Å². The maximum Gasteiger partial charge on any atom is 0.153 e. The molecular formula is C27H30N4O. The molecule has 2 aliphatic carbocycles. The quantitative estimate of drug-likeness (QED) is 0.540. The number of carbonyl (C=O) groups excluding carboxylic acids is 1. The summed E-state index contributed by atoms with van der Waals surface area (Å²) in [5, 5.41) is 9.64. The number of nitrogens with zero attached hydrogens (tertiary/aromatic N) is 4. The Morgan fingerprint density at radius 2 is 1.81 bits per heavy atom. The number of nitriles is 1. The van der Waals surface area contributed by atoms with Gasteiger partial charge in [0, 0.05) is 40.7 Å². The van der Waals surface area contributed by atoms with Gasteiger partial charge < -0.3 is 0 Å². The van der Waals surface area contributed by atoms with E-state index in [1.807, 2.05) is 51.1 Å². The Morgan fingerprint density at radius 1 is 1.12 bits per heavy atom. The lowest BCUT2D eigenvalue weighted by molar-refractivity contribution is -0.132. The highest BCUT2D eigenvalue weighted by molar-refractivity contribution is 5.87. The lowest BCUT2D eigenvalue weighted by atomic mass is 9.54. The summed E-state index contributed by atoms with van der Waals surface area (Å²) in [5.74, 6) is 0.534. The van der Waals surface area contributed by atoms with E-state index in [9.17, 15) is 10.1 Å². The number of aromatic nitrogens is 3. The number of para-hydroxylation sites is 1. The Balaban J connectivity index is 0.00000119. The zero-order chi connectivity index (χ0) is 22.9. The molecule has 5 nitrogen and oxygen atoms in total. The van der Waals surface area contributed by atoms with E-state index in [1.54, 1.807) is 12.4 Å². The standard InChI is InChI=1S/C25H24N4O.C2H6/c1-16-20-8-9-21-23(25(20,2)14-18(15-26)22(16)30)28-24(17-10-12-27-13-11-17)29(21)19-6-4-3-5-7-19;1-2/h3-7,10-13,16,18,20H,8-9,14H2,1-2H3;1-2H3/t16-,18?,20?,25?;/m0./s1. The van der Waals surface area contributed by atoms with Crippen molar-refractivity contribution in [2.24, 2.45) is 17.8 Å². The van der Waals surface area contributed by atoms with Gasteiger partial charge in [0.2, 0.25) is 0 Å². The van der Waals surface area contributed by atoms with Crippen molar-refractivity contribution in [1.29, 1.82) is 5.26 Å². The van der Waals surface area contributed by atoms with Gasteiger partial charge in [-0.05, 0) is 49.4 Å². The number of hydrogen-bond acceptors (Lipinski definition) is 4. The van der Waals surface area contributed by atoms with Crippen LogP contribution in [-0.4, -0.2) is 20.3 Å². The molecule has 0 bridgehead atoms. The Morgan fingerprint density at radius 3 is 2.47 bits per heavy atom. The fourth-order valence-corrected chi connectivity index (χ4v) is 5.68. The molecule has 0 saturated heterocycles. The number of pyridine rings is 1. The van der Waals surface area contributed by atoms with Gasteiger partial charge in [-0.1, -0.05) is 45.9 Å². The molecule has 0 aliphatic heterocycles. The number of Topliss-reactive ketones (excluding diaryl/α,β-unsaturated/α-hetero) is 1. The molecule has 0 N–H and O–H groups in total. The molecule has 0 amide bonds. The number of hydrogen-bond donors (Lipinski definition) is 0. The van der Waals surface area contributed by atoms with Crippen molar-refractivity contribution >= 4 is 5.78 Å². The molecule has 164 valence electrons. The molecule has 3 unspecified atom stereocenters. The fraction of sp³-hybridized carbons (Fsp3) is 0.407. The number of imidazole rings is 1. The van der Waals surface area contributed by atoms with E-state index in [-0.39, 0.29) is 23.0 Å². The summed E-state index contributed by atoms with van der Waals surface area (Å²) >= 11 is 0. The minimum atomic E-state index is -0.557. The molecular weight excluding hydrogens is 396 g/mol. The van der Waals surface area contributed by atoms with Crippen LogP contribution in [0.15, 0.2) is 54.9 Å². The highest BCUT2D eigenvalue weighted by Crippen LogP contribution is 2.53. The monoisotopic (exact) mass is 426 g/mol. The maximum absolute atomic E-state index is 12.7. The van der Waals surface area contributed by atoms with Crippen LogP contribution in [-0.2, 0) is 16.6 Å². The van der Waals surface area contributed by atoms with Gasteiger partial charge in [-0.3, -0.25) is 14.3 Å². The summed E-state index contributed by atoms with van der Waals surface area (Å²) in [7, 11) is 0. The second-order valence-corrected chi connectivity index (χ2v) is 8.78. The van der Waals surface area contributed by atoms with Gasteiger partial charge in [0.15, 0.2) is 5.78 Å². The van der Waals surface area contributed by atoms with E-state index in [2.05, 4.69) is 34.7 Å². The van der Waals surface area contributed by atoms with Gasteiger partial charge in [-0.2, -0.15) is 5.26 Å². The van der Waals surface area contributed by atoms with Gasteiger partial charge in [-0.15, -0.1) is 0 Å². The Kier molecular flexibility index (Phi) is 5.97. The van der Waals surface area contributed by atoms with Crippen LogP contribution >= 0.6 is 0 Å². The van der Waals surface area contributed by atoms with E-state index in [0.717, 1.165) is 35.6 Å². The van der Waals surface area contributed by atoms with Gasteiger partial charge >= 0.3 is 0 Å². The topological polar surface area (TPSA) is 71.6 Å². The Hall–Kier alpha value is -3.26. The number of carbonyl (C=O) groups is 1. The lowest BCUT2D eigenvalue weighted by Gasteiger charge is -2.48. The van der Waals surface area contributed by atoms with Crippen molar-refractivity contribution in [3.63, 3.8) is 0 Å². The zero-order valence-electron chi connectivity index (χ0n) is 19.2. The predicted octanol–water partition coefficient (Wildman–Crippen LogP) is 5.53. The SMILES string of the molecule is CC.C[C@@H]1C(=O)C(C#N)CC2(C)c3nc(-c4ccncc4)n(-c4ccccc4)c3CCC12. The molecule has 0 spiro atoms. The molecule has 2 aliphatic rings. The average molecular weight is 427 g/mol. The molecule has 2 heterocycles. The van der Waals surface area contributed by atoms with Gasteiger partial charge in [-0.25, -0.2) is 4.98 Å². The van der Waals surface area contributed by atoms with Crippen LogP contribution in [0.1, 0.15) is 51.9 Å². The van der Waals surface area contributed by atoms with E-state index >= 15 is 0 Å². The molecule has 32 heavy (non-hydrogen) atoms. The Labute approximate surface area is 190 Å². The summed E-state index contributed by atoms with van der Waals surface area (Å²) in [6.45, 7) is 8.21. The van der Waals surface area contributed by atoms with E-state index in [4.69, 9.17) is 4.98 Å². The third-order valence-corrected chi connectivity index (χ3v) is 7.16. The summed E-state index contributed by atoms with van der Waals surface area (Å²) in [5.41, 5.74) is 4.06. The van der Waals surface area contributed by atoms with Crippen LogP contribution in [0.3, 0.4) is 0 Å². The highest BCUT2D eigenvalue weighted by Gasteiger charge is 2.53. The number of ketones is 1. The molecule has 2 aromatic heterocycles. The molecule has 5 rings (SSSR count). The molecule has 5 heteroatoms. The Bertz CT molecular complexity index is 1150. The van der Waals surface area contributed by atoms with Crippen molar-refractivity contribution in [2.75, 3.05) is 0 Å². The average Bonchev–Trinajstić information content (AvgIpc) is 3.25. The highest BCUT2D eigenvalue weighted by atomic mass is 16.1. The van der Waals surface area contributed by atoms with E-state index in [0.29, 0.717) is 6.42 Å². The summed E-state index contributed by atoms with van der Waals surface area (Å²) < 4.78 is 2.26. The maximum atomic E-state index is 12.7. The van der Waals surface area contributed by atoms with Crippen LogP contribution in [0.4, 0.5) is 0 Å². The second-order valence-electron chi connectivity index (χ2n) is 8.78. The van der Waals surface area contributed by atoms with Crippen LogP contribution < -0.4 is 0 Å². The lowest BCUT2D eigenvalue weighted by Crippen LogP contribution is -2.50. The number of benzene rings is 1. The third kappa shape index (κ3) is 3.35. The predicted molar refractivity (Wildman–Crippen MR) is 125 cm³/mol. The molecule has 1 aromatic carbocycles. The first kappa shape index (κ1) is 22.0. The molecule has 4 atom stereocenters. The van der Waals surface area contributed by atoms with Crippen molar-refractivity contribution in [1.82, 2.24) is 14.5 Å². The molecule has 1 saturated carbocycles. The van der Waals surface area contributed by atoms with Crippen LogP contribution in [0, 0.1) is 29.1 Å². The molecule has 1 fully saturated rings. The van der Waals surface area contributed by atoms with Crippen LogP contribution in [0.2, 0.25) is 0 Å². The van der Waals surface area contributed by atoms with Crippen LogP contribution in [0.5, 0.6) is 0 Å². The molecule has 0 radical (unpaired) electrons. The first-order valence-electron chi connectivity index (χ1n) is 11.6. The minimum Gasteiger partial charge on any atom is -0.298 e. The summed E-state index contributed by atoms with van der Waals surface area (Å²) in [4.78, 5) is 22.1. The van der Waals surface area contributed by atoms with Gasteiger partial charge in [0.1, 0.15) is 11.7 Å². The van der Waals surface area contributed by atoms with Crippen molar-refractivity contribution in [3.8, 4) is 23.1 Å². The fourth-order valence-electron chi connectivity index (χ4n) is 5.68. The second kappa shape index (κ2) is 8.70. The summed E-state index contributed by atoms with van der Waals surface area (Å²) in [6.07, 6.45) is 5.93. The largest absolute Gasteiger partial charge is 0.298 e. The zero-order valence-corrected chi connectivity index (χ0v) is 19.2. The number of rotatable bonds is 2. The van der Waals surface area contributed by atoms with Gasteiger partial charge in [0.05, 0.1) is 11.8 Å². The van der Waals surface area contributed by atoms with Crippen LogP contribution in [0.25, 0.3) is 17.1 Å². The number of fused-ring (bicyclic) bond motifs is 3.